The van der Waals surface area contributed by atoms with Gasteiger partial charge in [0, 0.05) is 6.54 Å². The van der Waals surface area contributed by atoms with Gasteiger partial charge >= 0.3 is 0 Å². The summed E-state index contributed by atoms with van der Waals surface area (Å²) in [5.74, 6) is 2.72. The van der Waals surface area contributed by atoms with Crippen LogP contribution in [0.1, 0.15) is 17.6 Å². The fraction of sp³-hybridized carbons (Fsp3) is 0.400. The summed E-state index contributed by atoms with van der Waals surface area (Å²) < 4.78 is 13.5. The lowest BCUT2D eigenvalue weighted by Gasteiger charge is -2.35. The molecule has 0 radical (unpaired) electrons. The molecule has 1 atom stereocenters. The van der Waals surface area contributed by atoms with Crippen LogP contribution in [0.3, 0.4) is 0 Å². The first-order valence-electron chi connectivity index (χ1n) is 7.32. The Morgan fingerprint density at radius 2 is 2.26 bits per heavy atom. The molecule has 23 heavy (non-hydrogen) atoms. The van der Waals surface area contributed by atoms with E-state index in [1.165, 1.54) is 0 Å². The van der Waals surface area contributed by atoms with Gasteiger partial charge in [-0.2, -0.15) is 0 Å². The van der Waals surface area contributed by atoms with Gasteiger partial charge in [0.2, 0.25) is 0 Å². The van der Waals surface area contributed by atoms with Crippen LogP contribution in [-0.4, -0.2) is 41.0 Å². The van der Waals surface area contributed by atoms with Crippen LogP contribution in [0.2, 0.25) is 0 Å². The Balaban J connectivity index is 1.79. The van der Waals surface area contributed by atoms with Crippen LogP contribution in [-0.2, 0) is 4.74 Å². The zero-order chi connectivity index (χ0) is 15.8. The largest absolute Gasteiger partial charge is 0.464 e. The number of anilines is 1. The summed E-state index contributed by atoms with van der Waals surface area (Å²) >= 11 is 3.26. The maximum absolute atomic E-state index is 5.83. The van der Waals surface area contributed by atoms with E-state index >= 15 is 0 Å². The predicted octanol–water partition coefficient (Wildman–Crippen LogP) is 3.29. The van der Waals surface area contributed by atoms with Crippen molar-refractivity contribution in [2.75, 3.05) is 30.9 Å². The Morgan fingerprint density at radius 1 is 1.35 bits per heavy atom. The minimum atomic E-state index is 0.0235. The van der Waals surface area contributed by atoms with Crippen LogP contribution in [0.5, 0.6) is 0 Å². The second-order valence-corrected chi connectivity index (χ2v) is 7.32. The van der Waals surface area contributed by atoms with Crippen molar-refractivity contribution in [2.24, 2.45) is 0 Å². The molecule has 3 aromatic heterocycles. The minimum absolute atomic E-state index is 0.0235. The number of furan rings is 1. The first-order chi connectivity index (χ1) is 11.3. The summed E-state index contributed by atoms with van der Waals surface area (Å²) in [6, 6.07) is 4.02. The summed E-state index contributed by atoms with van der Waals surface area (Å²) in [6.45, 7) is 3.99. The highest BCUT2D eigenvalue weighted by atomic mass is 32.2. The molecule has 0 aromatic carbocycles. The van der Waals surface area contributed by atoms with E-state index in [0.717, 1.165) is 38.6 Å². The minimum Gasteiger partial charge on any atom is -0.464 e. The maximum atomic E-state index is 5.83. The van der Waals surface area contributed by atoms with Crippen molar-refractivity contribution in [2.45, 2.75) is 17.3 Å². The Kier molecular flexibility index (Phi) is 3.96. The molecule has 6 nitrogen and oxygen atoms in total. The molecule has 8 heteroatoms. The molecule has 1 aliphatic heterocycles. The zero-order valence-electron chi connectivity index (χ0n) is 12.9. The van der Waals surface area contributed by atoms with Crippen LogP contribution in [0.4, 0.5) is 5.82 Å². The van der Waals surface area contributed by atoms with Crippen molar-refractivity contribution < 1.29 is 9.15 Å². The van der Waals surface area contributed by atoms with Crippen LogP contribution < -0.4 is 4.90 Å². The molecule has 120 valence electrons. The maximum Gasteiger partial charge on any atom is 0.176 e. The first-order valence-corrected chi connectivity index (χ1v) is 9.36. The second kappa shape index (κ2) is 6.10. The number of fused-ring (bicyclic) bond motifs is 1. The lowest BCUT2D eigenvalue weighted by molar-refractivity contribution is 0.0872. The topological polar surface area (TPSA) is 64.3 Å². The Bertz CT molecular complexity index is 832. The lowest BCUT2D eigenvalue weighted by Crippen LogP contribution is -2.40. The van der Waals surface area contributed by atoms with E-state index in [1.54, 1.807) is 29.4 Å². The van der Waals surface area contributed by atoms with Gasteiger partial charge in [0.15, 0.2) is 15.8 Å². The van der Waals surface area contributed by atoms with E-state index in [1.807, 2.05) is 25.3 Å². The summed E-state index contributed by atoms with van der Waals surface area (Å²) in [5.41, 5.74) is 0.755. The molecule has 3 aromatic rings. The van der Waals surface area contributed by atoms with Gasteiger partial charge in [0.25, 0.3) is 0 Å². The average molecular weight is 348 g/mol. The Hall–Kier alpha value is -1.64. The van der Waals surface area contributed by atoms with E-state index in [0.29, 0.717) is 13.2 Å². The highest BCUT2D eigenvalue weighted by Gasteiger charge is 2.30. The number of aryl methyl sites for hydroxylation is 1. The van der Waals surface area contributed by atoms with Gasteiger partial charge in [0.05, 0.1) is 13.2 Å². The smallest absolute Gasteiger partial charge is 0.176 e. The highest BCUT2D eigenvalue weighted by molar-refractivity contribution is 8.00. The molecule has 1 aliphatic rings. The van der Waals surface area contributed by atoms with Crippen molar-refractivity contribution in [3.05, 3.63) is 30.0 Å². The third-order valence-electron chi connectivity index (χ3n) is 3.82. The summed E-state index contributed by atoms with van der Waals surface area (Å²) in [5, 5.41) is 0. The third-order valence-corrected chi connectivity index (χ3v) is 5.84. The van der Waals surface area contributed by atoms with Gasteiger partial charge in [-0.05, 0) is 25.3 Å². The van der Waals surface area contributed by atoms with E-state index in [4.69, 9.17) is 9.15 Å². The predicted molar refractivity (Wildman–Crippen MR) is 91.3 cm³/mol. The molecule has 0 amide bonds. The fourth-order valence-corrected chi connectivity index (χ4v) is 4.26. The molecule has 4 rings (SSSR count). The monoisotopic (exact) mass is 348 g/mol. The third kappa shape index (κ3) is 2.71. The molecule has 1 fully saturated rings. The van der Waals surface area contributed by atoms with Gasteiger partial charge < -0.3 is 14.1 Å². The van der Waals surface area contributed by atoms with Gasteiger partial charge in [-0.15, -0.1) is 11.3 Å². The van der Waals surface area contributed by atoms with Crippen LogP contribution in [0.15, 0.2) is 27.2 Å². The number of rotatable bonds is 3. The molecular formula is C15H16N4O2S2. The standard InChI is InChI=1S/C15H16N4O2S2/c1-9-3-4-11(21-9)10-7-20-6-5-19(10)14-12-13(16-8-17-14)18-15(22-2)23-12/h3-4,8,10H,5-7H2,1-2H3. The fourth-order valence-electron chi connectivity index (χ4n) is 2.74. The lowest BCUT2D eigenvalue weighted by atomic mass is 10.1. The van der Waals surface area contributed by atoms with Gasteiger partial charge in [0.1, 0.15) is 28.6 Å². The molecule has 0 N–H and O–H groups in total. The van der Waals surface area contributed by atoms with E-state index in [-0.39, 0.29) is 6.04 Å². The first kappa shape index (κ1) is 14.9. The molecule has 0 spiro atoms. The normalized spacial score (nSPS) is 18.7. The quantitative estimate of drug-likeness (QED) is 0.673. The molecule has 0 bridgehead atoms. The average Bonchev–Trinajstić information content (AvgIpc) is 3.20. The number of nitrogens with zero attached hydrogens (tertiary/aromatic N) is 4. The van der Waals surface area contributed by atoms with Gasteiger partial charge in [-0.1, -0.05) is 11.8 Å². The second-order valence-electron chi connectivity index (χ2n) is 5.27. The highest BCUT2D eigenvalue weighted by Crippen LogP contribution is 2.37. The van der Waals surface area contributed by atoms with E-state index in [9.17, 15) is 0 Å². The SMILES string of the molecule is CSc1nc2ncnc(N3CCOCC3c3ccc(C)o3)c2s1. The zero-order valence-corrected chi connectivity index (χ0v) is 14.5. The van der Waals surface area contributed by atoms with E-state index in [2.05, 4.69) is 19.9 Å². The number of morpholine rings is 1. The number of thioether (sulfide) groups is 1. The van der Waals surface area contributed by atoms with Crippen LogP contribution in [0, 0.1) is 6.92 Å². The van der Waals surface area contributed by atoms with Gasteiger partial charge in [-0.25, -0.2) is 15.0 Å². The number of thiazole rings is 1. The van der Waals surface area contributed by atoms with E-state index < -0.39 is 0 Å². The van der Waals surface area contributed by atoms with Crippen molar-refractivity contribution >= 4 is 39.3 Å². The summed E-state index contributed by atoms with van der Waals surface area (Å²) in [7, 11) is 0. The molecule has 1 unspecified atom stereocenters. The van der Waals surface area contributed by atoms with Crippen molar-refractivity contribution in [1.82, 2.24) is 15.0 Å². The summed E-state index contributed by atoms with van der Waals surface area (Å²) in [4.78, 5) is 15.6. The van der Waals surface area contributed by atoms with Crippen LogP contribution >= 0.6 is 23.1 Å². The number of aromatic nitrogens is 3. The molecule has 4 heterocycles. The summed E-state index contributed by atoms with van der Waals surface area (Å²) in [6.07, 6.45) is 3.61. The number of ether oxygens (including phenoxy) is 1. The van der Waals surface area contributed by atoms with Crippen LogP contribution in [0.25, 0.3) is 10.3 Å². The molecule has 0 saturated carbocycles. The number of hydrogen-bond acceptors (Lipinski definition) is 8. The number of hydrogen-bond donors (Lipinski definition) is 0. The molecular weight excluding hydrogens is 332 g/mol. The Morgan fingerprint density at radius 3 is 3.04 bits per heavy atom. The van der Waals surface area contributed by atoms with Crippen molar-refractivity contribution in [3.8, 4) is 0 Å². The van der Waals surface area contributed by atoms with Gasteiger partial charge in [-0.3, -0.25) is 0 Å². The van der Waals surface area contributed by atoms with Crippen molar-refractivity contribution in [1.29, 1.82) is 0 Å². The molecule has 0 aliphatic carbocycles. The molecule has 1 saturated heterocycles. The Labute approximate surface area is 141 Å². The van der Waals surface area contributed by atoms with Crippen molar-refractivity contribution in [3.63, 3.8) is 0 Å².